The Morgan fingerprint density at radius 1 is 0.519 bits per heavy atom. The Kier molecular flexibility index (Phi) is 21.4. The highest BCUT2D eigenvalue weighted by molar-refractivity contribution is 5.95. The van der Waals surface area contributed by atoms with Crippen molar-refractivity contribution in [2.24, 2.45) is 0 Å². The van der Waals surface area contributed by atoms with Crippen molar-refractivity contribution in [3.63, 3.8) is 0 Å². The molecule has 0 spiro atoms. The normalized spacial score (nSPS) is 17.8. The summed E-state index contributed by atoms with van der Waals surface area (Å²) in [7, 11) is 3.45. The predicted molar refractivity (Wildman–Crippen MR) is 317 cm³/mol. The smallest absolute Gasteiger partial charge is 0.222 e. The van der Waals surface area contributed by atoms with Gasteiger partial charge in [-0.3, -0.25) is 38.7 Å². The van der Waals surface area contributed by atoms with Crippen LogP contribution in [0, 0.1) is 0 Å². The van der Waals surface area contributed by atoms with Gasteiger partial charge in [-0.05, 0) is 141 Å². The van der Waals surface area contributed by atoms with Gasteiger partial charge in [-0.1, -0.05) is 19.6 Å². The summed E-state index contributed by atoms with van der Waals surface area (Å²) in [6, 6.07) is 20.9. The zero-order valence-corrected chi connectivity index (χ0v) is 47.4. The molecule has 4 aliphatic rings. The van der Waals surface area contributed by atoms with E-state index in [1.165, 1.54) is 25.7 Å². The Morgan fingerprint density at radius 2 is 0.937 bits per heavy atom. The summed E-state index contributed by atoms with van der Waals surface area (Å²) in [5.41, 5.74) is 5.98. The second-order valence-electron chi connectivity index (χ2n) is 22.0. The summed E-state index contributed by atoms with van der Waals surface area (Å²) in [6.45, 7) is 23.3. The molecule has 18 nitrogen and oxygen atoms in total. The van der Waals surface area contributed by atoms with E-state index in [1.54, 1.807) is 14.2 Å². The fraction of sp³-hybridized carbons (Fsp3) is 0.574. The summed E-state index contributed by atoms with van der Waals surface area (Å²) in [4.78, 5) is 50.3. The molecular weight excluding hydrogens is 993 g/mol. The van der Waals surface area contributed by atoms with Crippen LogP contribution in [0.25, 0.3) is 21.8 Å². The number of hydrogen-bond donors (Lipinski definition) is 2. The van der Waals surface area contributed by atoms with Gasteiger partial charge in [-0.15, -0.1) is 0 Å². The number of nitrogens with zero attached hydrogens (tertiary/aromatic N) is 12. The first kappa shape index (κ1) is 58.8. The van der Waals surface area contributed by atoms with Crippen molar-refractivity contribution in [1.29, 1.82) is 0 Å². The van der Waals surface area contributed by atoms with Crippen LogP contribution in [0.2, 0.25) is 0 Å². The van der Waals surface area contributed by atoms with Crippen LogP contribution >= 0.6 is 0 Å². The van der Waals surface area contributed by atoms with E-state index >= 15 is 0 Å². The first-order valence-electron chi connectivity index (χ1n) is 29.0. The Balaban J connectivity index is 0.000000205. The largest absolute Gasteiger partial charge is 0.494 e. The van der Waals surface area contributed by atoms with E-state index in [9.17, 15) is 9.59 Å². The number of ether oxygens (including phenoxy) is 2. The van der Waals surface area contributed by atoms with Gasteiger partial charge < -0.3 is 39.7 Å². The number of fused-ring (bicyclic) bond motifs is 2. The average molecular weight is 1080 g/mol. The molecule has 428 valence electrons. The molecule has 0 radical (unpaired) electrons. The molecule has 4 saturated heterocycles. The van der Waals surface area contributed by atoms with Crippen molar-refractivity contribution >= 4 is 45.0 Å². The minimum absolute atomic E-state index is 0. The van der Waals surface area contributed by atoms with Gasteiger partial charge in [0.1, 0.15) is 22.9 Å². The fourth-order valence-corrected chi connectivity index (χ4v) is 11.8. The zero-order chi connectivity index (χ0) is 54.4. The van der Waals surface area contributed by atoms with E-state index in [4.69, 9.17) is 29.6 Å². The molecular formula is C61H90N14O4. The van der Waals surface area contributed by atoms with E-state index in [2.05, 4.69) is 104 Å². The highest BCUT2D eigenvalue weighted by Gasteiger charge is 2.31. The van der Waals surface area contributed by atoms with E-state index in [-0.39, 0.29) is 43.4 Å². The van der Waals surface area contributed by atoms with E-state index < -0.39 is 0 Å². The van der Waals surface area contributed by atoms with Gasteiger partial charge in [0, 0.05) is 139 Å². The molecule has 0 unspecified atom stereocenters. The van der Waals surface area contributed by atoms with E-state index in [0.29, 0.717) is 25.9 Å². The molecule has 4 aliphatic heterocycles. The van der Waals surface area contributed by atoms with Gasteiger partial charge in [0.05, 0.1) is 48.7 Å². The van der Waals surface area contributed by atoms with Crippen LogP contribution in [-0.2, 0) is 9.59 Å². The molecule has 4 fully saturated rings. The second-order valence-corrected chi connectivity index (χ2v) is 22.0. The molecule has 2 N–H and O–H groups in total. The standard InChI is InChI=1S/2C30H43N7O2.CH4/c2*1-23(2)37-18-11-25(33-37)26(22-28(38)31-13-19-34-14-4-5-15-34)35-16-7-17-36(21-20-35)30-27(39-3)10-9-24-8-6-12-32-29(24)30;/h2*6,8-12,18,23,26H,4-5,7,13-17,19-22H2,1-3H3,(H,31,38);1H4/t2*26-;/m10./s1. The van der Waals surface area contributed by atoms with Crippen LogP contribution in [0.15, 0.2) is 85.5 Å². The third-order valence-corrected chi connectivity index (χ3v) is 16.1. The number of hydrogen-bond acceptors (Lipinski definition) is 14. The van der Waals surface area contributed by atoms with Gasteiger partial charge in [0.2, 0.25) is 11.8 Å². The molecule has 18 heteroatoms. The van der Waals surface area contributed by atoms with Crippen LogP contribution in [-0.4, -0.2) is 180 Å². The molecule has 2 amide bonds. The number of rotatable bonds is 20. The van der Waals surface area contributed by atoms with Gasteiger partial charge in [-0.2, -0.15) is 10.2 Å². The second kappa shape index (κ2) is 28.7. The molecule has 0 aliphatic carbocycles. The van der Waals surface area contributed by atoms with Crippen LogP contribution in [0.5, 0.6) is 11.5 Å². The van der Waals surface area contributed by atoms with Crippen molar-refractivity contribution in [2.45, 2.75) is 111 Å². The maximum atomic E-state index is 13.2. The zero-order valence-electron chi connectivity index (χ0n) is 47.4. The van der Waals surface area contributed by atoms with Crippen LogP contribution in [0.3, 0.4) is 0 Å². The van der Waals surface area contributed by atoms with Crippen molar-refractivity contribution in [3.8, 4) is 11.5 Å². The third-order valence-electron chi connectivity index (χ3n) is 16.1. The molecule has 2 aromatic carbocycles. The lowest BCUT2D eigenvalue weighted by Gasteiger charge is -2.30. The Morgan fingerprint density at radius 3 is 1.32 bits per heavy atom. The number of pyridine rings is 2. The number of carbonyl (C=O) groups is 2. The number of anilines is 2. The molecule has 2 atom stereocenters. The minimum Gasteiger partial charge on any atom is -0.494 e. The van der Waals surface area contributed by atoms with E-state index in [0.717, 1.165) is 161 Å². The monoisotopic (exact) mass is 1080 g/mol. The quantitative estimate of drug-likeness (QED) is 0.0751. The summed E-state index contributed by atoms with van der Waals surface area (Å²) in [5, 5.41) is 18.4. The molecule has 0 saturated carbocycles. The van der Waals surface area contributed by atoms with Crippen molar-refractivity contribution in [1.82, 2.24) is 59.8 Å². The van der Waals surface area contributed by atoms with Crippen LogP contribution in [0.1, 0.15) is 122 Å². The minimum atomic E-state index is -0.0655. The van der Waals surface area contributed by atoms with Crippen LogP contribution < -0.4 is 29.9 Å². The topological polar surface area (TPSA) is 158 Å². The van der Waals surface area contributed by atoms with Crippen molar-refractivity contribution in [3.05, 3.63) is 96.8 Å². The van der Waals surface area contributed by atoms with Crippen molar-refractivity contribution in [2.75, 3.05) is 129 Å². The number of likely N-dealkylation sites (tertiary alicyclic amines) is 2. The SMILES string of the molecule is C.COc1ccc2cccnc2c1N1CCCN([C@@H](CC(=O)NCCN2CCCC2)c2ccn(C(C)C)n2)CC1.COc1ccc2cccnc2c1N1CCCN([C@H](CC(=O)NCCN2CCCC2)c2ccn(C(C)C)n2)CC1. The number of amides is 2. The Labute approximate surface area is 469 Å². The summed E-state index contributed by atoms with van der Waals surface area (Å²) in [6.07, 6.45) is 15.6. The van der Waals surface area contributed by atoms with Gasteiger partial charge in [0.15, 0.2) is 0 Å². The highest BCUT2D eigenvalue weighted by atomic mass is 16.5. The first-order chi connectivity index (χ1) is 38.1. The molecule has 0 bridgehead atoms. The number of carbonyl (C=O) groups excluding carboxylic acids is 2. The Hall–Kier alpha value is -6.34. The lowest BCUT2D eigenvalue weighted by molar-refractivity contribution is -0.123. The summed E-state index contributed by atoms with van der Waals surface area (Å²) < 4.78 is 15.5. The molecule has 8 heterocycles. The van der Waals surface area contributed by atoms with Gasteiger partial charge >= 0.3 is 0 Å². The molecule has 4 aromatic heterocycles. The third kappa shape index (κ3) is 15.1. The summed E-state index contributed by atoms with van der Waals surface area (Å²) >= 11 is 0. The van der Waals surface area contributed by atoms with Crippen LogP contribution in [0.4, 0.5) is 11.4 Å². The lowest BCUT2D eigenvalue weighted by atomic mass is 10.1. The summed E-state index contributed by atoms with van der Waals surface area (Å²) in [5.74, 6) is 1.89. The highest BCUT2D eigenvalue weighted by Crippen LogP contribution is 2.38. The average Bonchev–Trinajstić information content (AvgIpc) is 4.36. The molecule has 79 heavy (non-hydrogen) atoms. The first-order valence-corrected chi connectivity index (χ1v) is 29.0. The Bertz CT molecular complexity index is 2670. The maximum Gasteiger partial charge on any atom is 0.222 e. The molecule has 10 rings (SSSR count). The van der Waals surface area contributed by atoms with E-state index in [1.807, 2.05) is 58.4 Å². The molecule has 6 aromatic rings. The number of aromatic nitrogens is 6. The van der Waals surface area contributed by atoms with Gasteiger partial charge in [0.25, 0.3) is 0 Å². The lowest BCUT2D eigenvalue weighted by Crippen LogP contribution is -2.38. The van der Waals surface area contributed by atoms with Crippen molar-refractivity contribution < 1.29 is 19.1 Å². The predicted octanol–water partition coefficient (Wildman–Crippen LogP) is 8.39. The maximum absolute atomic E-state index is 13.2. The fourth-order valence-electron chi connectivity index (χ4n) is 11.8. The van der Waals surface area contributed by atoms with Gasteiger partial charge in [-0.25, -0.2) is 0 Å². The number of nitrogens with one attached hydrogen (secondary N) is 2. The number of benzene rings is 2. The number of methoxy groups -OCH3 is 2.